The first-order valence-corrected chi connectivity index (χ1v) is 10.3. The molecule has 1 saturated heterocycles. The first-order chi connectivity index (χ1) is 14.6. The van der Waals surface area contributed by atoms with Crippen LogP contribution in [-0.4, -0.2) is 81.1 Å². The van der Waals surface area contributed by atoms with E-state index in [4.69, 9.17) is 19.8 Å². The van der Waals surface area contributed by atoms with Gasteiger partial charge in [0.25, 0.3) is 0 Å². The van der Waals surface area contributed by atoms with E-state index in [9.17, 15) is 0 Å². The molecule has 0 amide bonds. The Morgan fingerprint density at radius 3 is 2.90 bits per heavy atom. The second kappa shape index (κ2) is 8.88. The van der Waals surface area contributed by atoms with Crippen LogP contribution >= 0.6 is 0 Å². The van der Waals surface area contributed by atoms with E-state index in [-0.39, 0.29) is 0 Å². The standard InChI is InChI=1S/C20H29N9O/c1-5-30-11-10-29-18-17(14(2)26-29)24-20(28(4)15-7-9-27(3)12-15)25-19(18)23-16-6-8-21-13-22-16/h6,8,13,15H,5,7,9-12H2,1-4H3,(H,21,22,23,24,25)/t15-/m1/s1. The van der Waals surface area contributed by atoms with Crippen molar-refractivity contribution in [2.24, 2.45) is 0 Å². The van der Waals surface area contributed by atoms with Crippen LogP contribution < -0.4 is 10.2 Å². The lowest BCUT2D eigenvalue weighted by Crippen LogP contribution is -2.35. The molecule has 0 saturated carbocycles. The van der Waals surface area contributed by atoms with Gasteiger partial charge in [0.05, 0.1) is 18.8 Å². The van der Waals surface area contributed by atoms with Gasteiger partial charge in [-0.3, -0.25) is 4.68 Å². The number of likely N-dealkylation sites (tertiary alicyclic amines) is 1. The van der Waals surface area contributed by atoms with Gasteiger partial charge in [0, 0.05) is 32.4 Å². The molecule has 0 aliphatic carbocycles. The Kier molecular flexibility index (Phi) is 6.05. The molecule has 10 heteroatoms. The number of fused-ring (bicyclic) bond motifs is 1. The first kappa shape index (κ1) is 20.4. The monoisotopic (exact) mass is 411 g/mol. The predicted octanol–water partition coefficient (Wildman–Crippen LogP) is 1.85. The smallest absolute Gasteiger partial charge is 0.228 e. The zero-order chi connectivity index (χ0) is 21.1. The van der Waals surface area contributed by atoms with Gasteiger partial charge >= 0.3 is 0 Å². The highest BCUT2D eigenvalue weighted by Gasteiger charge is 2.27. The Labute approximate surface area is 176 Å². The highest BCUT2D eigenvalue weighted by molar-refractivity contribution is 5.90. The molecule has 0 radical (unpaired) electrons. The Balaban J connectivity index is 1.76. The Hall–Kier alpha value is -2.85. The van der Waals surface area contributed by atoms with Crippen molar-refractivity contribution in [3.05, 3.63) is 24.3 Å². The van der Waals surface area contributed by atoms with Crippen LogP contribution in [0.5, 0.6) is 0 Å². The molecule has 1 N–H and O–H groups in total. The summed E-state index contributed by atoms with van der Waals surface area (Å²) in [6.07, 6.45) is 4.31. The van der Waals surface area contributed by atoms with Crippen LogP contribution in [0, 0.1) is 6.92 Å². The number of hydrogen-bond donors (Lipinski definition) is 1. The van der Waals surface area contributed by atoms with Gasteiger partial charge in [-0.25, -0.2) is 15.0 Å². The van der Waals surface area contributed by atoms with E-state index in [0.717, 1.165) is 36.2 Å². The number of aryl methyl sites for hydroxylation is 1. The molecule has 1 fully saturated rings. The highest BCUT2D eigenvalue weighted by atomic mass is 16.5. The lowest BCUT2D eigenvalue weighted by atomic mass is 10.2. The Bertz CT molecular complexity index is 991. The van der Waals surface area contributed by atoms with Gasteiger partial charge in [-0.1, -0.05) is 0 Å². The van der Waals surface area contributed by atoms with Gasteiger partial charge < -0.3 is 19.9 Å². The number of likely N-dealkylation sites (N-methyl/N-ethyl adjacent to an activating group) is 2. The van der Waals surface area contributed by atoms with E-state index >= 15 is 0 Å². The number of anilines is 3. The summed E-state index contributed by atoms with van der Waals surface area (Å²) in [7, 11) is 4.21. The van der Waals surface area contributed by atoms with E-state index in [1.54, 1.807) is 6.20 Å². The van der Waals surface area contributed by atoms with Gasteiger partial charge in [0.15, 0.2) is 5.82 Å². The van der Waals surface area contributed by atoms with Crippen LogP contribution in [0.1, 0.15) is 19.0 Å². The fourth-order valence-electron chi connectivity index (χ4n) is 3.80. The molecule has 3 aromatic heterocycles. The van der Waals surface area contributed by atoms with Crippen LogP contribution in [0.15, 0.2) is 18.6 Å². The number of ether oxygens (including phenoxy) is 1. The molecule has 0 unspecified atom stereocenters. The van der Waals surface area contributed by atoms with Crippen LogP contribution in [0.4, 0.5) is 17.6 Å². The third kappa shape index (κ3) is 4.19. The SMILES string of the molecule is CCOCCn1nc(C)c2nc(N(C)[C@@H]3CCN(C)C3)nc(Nc3ccncn3)c21. The van der Waals surface area contributed by atoms with Crippen molar-refractivity contribution in [2.45, 2.75) is 32.9 Å². The van der Waals surface area contributed by atoms with Gasteiger partial charge in [0.1, 0.15) is 23.2 Å². The molecule has 30 heavy (non-hydrogen) atoms. The Morgan fingerprint density at radius 2 is 2.20 bits per heavy atom. The minimum Gasteiger partial charge on any atom is -0.380 e. The van der Waals surface area contributed by atoms with Gasteiger partial charge in [0.2, 0.25) is 5.95 Å². The second-order valence-corrected chi connectivity index (χ2v) is 7.61. The summed E-state index contributed by atoms with van der Waals surface area (Å²) in [4.78, 5) is 22.6. The average molecular weight is 412 g/mol. The lowest BCUT2D eigenvalue weighted by Gasteiger charge is -2.25. The molecule has 0 aromatic carbocycles. The van der Waals surface area contributed by atoms with E-state index in [1.807, 2.05) is 24.6 Å². The van der Waals surface area contributed by atoms with E-state index in [1.165, 1.54) is 6.33 Å². The molecule has 4 rings (SSSR count). The summed E-state index contributed by atoms with van der Waals surface area (Å²) in [6.45, 7) is 7.93. The van der Waals surface area contributed by atoms with Crippen LogP contribution in [-0.2, 0) is 11.3 Å². The van der Waals surface area contributed by atoms with Crippen molar-refractivity contribution in [1.82, 2.24) is 34.6 Å². The summed E-state index contributed by atoms with van der Waals surface area (Å²) in [5.41, 5.74) is 2.56. The number of nitrogens with zero attached hydrogens (tertiary/aromatic N) is 8. The molecule has 3 aromatic rings. The predicted molar refractivity (Wildman–Crippen MR) is 116 cm³/mol. The number of nitrogens with one attached hydrogen (secondary N) is 1. The molecule has 160 valence electrons. The zero-order valence-electron chi connectivity index (χ0n) is 18.0. The molecule has 1 aliphatic rings. The maximum Gasteiger partial charge on any atom is 0.228 e. The topological polar surface area (TPSA) is 97.1 Å². The van der Waals surface area contributed by atoms with Crippen LogP contribution in [0.2, 0.25) is 0 Å². The van der Waals surface area contributed by atoms with E-state index in [0.29, 0.717) is 43.4 Å². The molecule has 0 spiro atoms. The van der Waals surface area contributed by atoms with Gasteiger partial charge in [-0.15, -0.1) is 0 Å². The van der Waals surface area contributed by atoms with Crippen molar-refractivity contribution in [2.75, 3.05) is 50.6 Å². The van der Waals surface area contributed by atoms with Crippen molar-refractivity contribution in [1.29, 1.82) is 0 Å². The number of aromatic nitrogens is 6. The average Bonchev–Trinajstić information content (AvgIpc) is 3.32. The third-order valence-electron chi connectivity index (χ3n) is 5.45. The fraction of sp³-hybridized carbons (Fsp3) is 0.550. The van der Waals surface area contributed by atoms with Gasteiger partial charge in [-0.2, -0.15) is 10.1 Å². The van der Waals surface area contributed by atoms with Crippen molar-refractivity contribution in [3.8, 4) is 0 Å². The number of rotatable bonds is 8. The van der Waals surface area contributed by atoms with Gasteiger partial charge in [-0.05, 0) is 39.9 Å². The first-order valence-electron chi connectivity index (χ1n) is 10.3. The largest absolute Gasteiger partial charge is 0.380 e. The quantitative estimate of drug-likeness (QED) is 0.557. The van der Waals surface area contributed by atoms with E-state index < -0.39 is 0 Å². The molecule has 10 nitrogen and oxygen atoms in total. The normalized spacial score (nSPS) is 17.0. The number of hydrogen-bond acceptors (Lipinski definition) is 9. The summed E-state index contributed by atoms with van der Waals surface area (Å²) in [5, 5.41) is 8.05. The molecular weight excluding hydrogens is 382 g/mol. The third-order valence-corrected chi connectivity index (χ3v) is 5.45. The second-order valence-electron chi connectivity index (χ2n) is 7.61. The molecule has 0 bridgehead atoms. The maximum atomic E-state index is 5.54. The zero-order valence-corrected chi connectivity index (χ0v) is 18.0. The minimum absolute atomic E-state index is 0.382. The minimum atomic E-state index is 0.382. The highest BCUT2D eigenvalue weighted by Crippen LogP contribution is 2.29. The van der Waals surface area contributed by atoms with Crippen molar-refractivity contribution >= 4 is 28.6 Å². The summed E-state index contributed by atoms with van der Waals surface area (Å²) in [6, 6.07) is 2.20. The molecule has 1 aliphatic heterocycles. The van der Waals surface area contributed by atoms with Crippen molar-refractivity contribution in [3.63, 3.8) is 0 Å². The van der Waals surface area contributed by atoms with E-state index in [2.05, 4.69) is 39.2 Å². The van der Waals surface area contributed by atoms with Crippen molar-refractivity contribution < 1.29 is 4.74 Å². The summed E-state index contributed by atoms with van der Waals surface area (Å²) < 4.78 is 7.45. The molecule has 4 heterocycles. The maximum absolute atomic E-state index is 5.54. The fourth-order valence-corrected chi connectivity index (χ4v) is 3.80. The van der Waals surface area contributed by atoms with Crippen LogP contribution in [0.25, 0.3) is 11.0 Å². The summed E-state index contributed by atoms with van der Waals surface area (Å²) in [5.74, 6) is 2.05. The van der Waals surface area contributed by atoms with Crippen LogP contribution in [0.3, 0.4) is 0 Å². The Morgan fingerprint density at radius 1 is 1.33 bits per heavy atom. The lowest BCUT2D eigenvalue weighted by molar-refractivity contribution is 0.137. The molecular formula is C20H29N9O. The molecule has 1 atom stereocenters. The summed E-state index contributed by atoms with van der Waals surface area (Å²) >= 11 is 0.